The van der Waals surface area contributed by atoms with Crippen LogP contribution in [0.25, 0.3) is 0 Å². The second-order valence-corrected chi connectivity index (χ2v) is 6.57. The van der Waals surface area contributed by atoms with Crippen molar-refractivity contribution in [1.29, 1.82) is 0 Å². The normalized spacial score (nSPS) is 16.7. The lowest BCUT2D eigenvalue weighted by Gasteiger charge is -2.23. The largest absolute Gasteiger partial charge is 0.372 e. The van der Waals surface area contributed by atoms with Gasteiger partial charge in [-0.05, 0) is 30.5 Å². The molecule has 1 saturated heterocycles. The summed E-state index contributed by atoms with van der Waals surface area (Å²) in [5.41, 5.74) is 2.70. The Morgan fingerprint density at radius 1 is 1.16 bits per heavy atom. The maximum absolute atomic E-state index is 3.72. The Morgan fingerprint density at radius 3 is 2.42 bits per heavy atom. The van der Waals surface area contributed by atoms with E-state index in [9.17, 15) is 0 Å². The molecule has 1 aromatic rings. The van der Waals surface area contributed by atoms with E-state index in [4.69, 9.17) is 0 Å². The van der Waals surface area contributed by atoms with Crippen LogP contribution < -0.4 is 10.2 Å². The zero-order valence-corrected chi connectivity index (χ0v) is 13.7. The van der Waals surface area contributed by atoms with E-state index in [2.05, 4.69) is 58.2 Å². The van der Waals surface area contributed by atoms with Crippen molar-refractivity contribution in [3.05, 3.63) is 28.2 Å². The van der Waals surface area contributed by atoms with Crippen LogP contribution in [0.1, 0.15) is 45.1 Å². The van der Waals surface area contributed by atoms with Crippen LogP contribution >= 0.6 is 15.9 Å². The van der Waals surface area contributed by atoms with E-state index in [1.54, 1.807) is 0 Å². The Balaban J connectivity index is 2.04. The number of nitrogens with one attached hydrogen (secondary N) is 1. The van der Waals surface area contributed by atoms with Crippen molar-refractivity contribution < 1.29 is 0 Å². The van der Waals surface area contributed by atoms with Gasteiger partial charge in [-0.25, -0.2) is 0 Å². The summed E-state index contributed by atoms with van der Waals surface area (Å²) in [6.07, 6.45) is 5.42. The summed E-state index contributed by atoms with van der Waals surface area (Å²) in [6, 6.07) is 7.33. The fraction of sp³-hybridized carbons (Fsp3) is 0.625. The summed E-state index contributed by atoms with van der Waals surface area (Å²) < 4.78 is 1.22. The predicted molar refractivity (Wildman–Crippen MR) is 86.8 cm³/mol. The highest BCUT2D eigenvalue weighted by atomic mass is 79.9. The van der Waals surface area contributed by atoms with Crippen molar-refractivity contribution in [2.75, 3.05) is 18.0 Å². The lowest BCUT2D eigenvalue weighted by molar-refractivity contribution is 0.588. The van der Waals surface area contributed by atoms with Crippen LogP contribution in [0.5, 0.6) is 0 Å². The molecule has 1 fully saturated rings. The summed E-state index contributed by atoms with van der Waals surface area (Å²) in [5, 5.41) is 3.47. The van der Waals surface area contributed by atoms with Crippen molar-refractivity contribution in [1.82, 2.24) is 5.32 Å². The van der Waals surface area contributed by atoms with Crippen LogP contribution in [-0.2, 0) is 6.54 Å². The Labute approximate surface area is 125 Å². The van der Waals surface area contributed by atoms with E-state index in [0.717, 1.165) is 6.54 Å². The zero-order chi connectivity index (χ0) is 13.7. The molecule has 3 heteroatoms. The van der Waals surface area contributed by atoms with Gasteiger partial charge < -0.3 is 10.2 Å². The number of nitrogens with zero attached hydrogens (tertiary/aromatic N) is 1. The van der Waals surface area contributed by atoms with Crippen LogP contribution in [0, 0.1) is 0 Å². The molecule has 1 heterocycles. The monoisotopic (exact) mass is 324 g/mol. The standard InChI is InChI=1S/C16H25BrN2/c1-13(2)18-12-14-7-8-15(11-16(14)17)19-9-5-3-4-6-10-19/h7-8,11,13,18H,3-6,9-10,12H2,1-2H3. The molecule has 0 amide bonds. The molecule has 2 rings (SSSR count). The van der Waals surface area contributed by atoms with E-state index < -0.39 is 0 Å². The summed E-state index contributed by atoms with van der Waals surface area (Å²) in [6.45, 7) is 7.70. The Kier molecular flexibility index (Phi) is 5.71. The van der Waals surface area contributed by atoms with Crippen molar-refractivity contribution >= 4 is 21.6 Å². The molecular weight excluding hydrogens is 300 g/mol. The molecule has 0 unspecified atom stereocenters. The fourth-order valence-electron chi connectivity index (χ4n) is 2.52. The minimum Gasteiger partial charge on any atom is -0.372 e. The van der Waals surface area contributed by atoms with Gasteiger partial charge in [0.2, 0.25) is 0 Å². The summed E-state index contributed by atoms with van der Waals surface area (Å²) >= 11 is 3.72. The SMILES string of the molecule is CC(C)NCc1ccc(N2CCCCCC2)cc1Br. The molecular formula is C16H25BrN2. The van der Waals surface area contributed by atoms with E-state index in [-0.39, 0.29) is 0 Å². The third-order valence-corrected chi connectivity index (χ3v) is 4.45. The van der Waals surface area contributed by atoms with Crippen LogP contribution in [0.3, 0.4) is 0 Å². The summed E-state index contributed by atoms with van der Waals surface area (Å²) in [7, 11) is 0. The first-order chi connectivity index (χ1) is 9.16. The summed E-state index contributed by atoms with van der Waals surface area (Å²) in [4.78, 5) is 2.53. The minimum atomic E-state index is 0.525. The van der Waals surface area contributed by atoms with E-state index in [1.807, 2.05) is 0 Å². The van der Waals surface area contributed by atoms with Crippen molar-refractivity contribution in [2.45, 2.75) is 52.1 Å². The molecule has 0 spiro atoms. The van der Waals surface area contributed by atoms with E-state index in [0.29, 0.717) is 6.04 Å². The zero-order valence-electron chi connectivity index (χ0n) is 12.1. The molecule has 0 bridgehead atoms. The van der Waals surface area contributed by atoms with Crippen LogP contribution in [-0.4, -0.2) is 19.1 Å². The molecule has 1 aliphatic rings. The quantitative estimate of drug-likeness (QED) is 0.886. The van der Waals surface area contributed by atoms with Gasteiger partial charge in [-0.1, -0.05) is 48.7 Å². The third kappa shape index (κ3) is 4.50. The van der Waals surface area contributed by atoms with Crippen LogP contribution in [0.15, 0.2) is 22.7 Å². The first kappa shape index (κ1) is 14.9. The van der Waals surface area contributed by atoms with Crippen molar-refractivity contribution in [2.24, 2.45) is 0 Å². The van der Waals surface area contributed by atoms with Gasteiger partial charge in [0.1, 0.15) is 0 Å². The minimum absolute atomic E-state index is 0.525. The molecule has 0 radical (unpaired) electrons. The average molecular weight is 325 g/mol. The molecule has 0 aliphatic carbocycles. The predicted octanol–water partition coefficient (Wildman–Crippen LogP) is 4.33. The van der Waals surface area contributed by atoms with Crippen LogP contribution in [0.2, 0.25) is 0 Å². The Bertz CT molecular complexity index is 396. The van der Waals surface area contributed by atoms with Gasteiger partial charge in [-0.3, -0.25) is 0 Å². The lowest BCUT2D eigenvalue weighted by atomic mass is 10.2. The van der Waals surface area contributed by atoms with Gasteiger partial charge in [-0.2, -0.15) is 0 Å². The van der Waals surface area contributed by atoms with Gasteiger partial charge >= 0.3 is 0 Å². The third-order valence-electron chi connectivity index (χ3n) is 3.71. The molecule has 19 heavy (non-hydrogen) atoms. The Hall–Kier alpha value is -0.540. The van der Waals surface area contributed by atoms with Gasteiger partial charge in [-0.15, -0.1) is 0 Å². The summed E-state index contributed by atoms with van der Waals surface area (Å²) in [5.74, 6) is 0. The smallest absolute Gasteiger partial charge is 0.0377 e. The van der Waals surface area contributed by atoms with Gasteiger partial charge in [0.25, 0.3) is 0 Å². The Morgan fingerprint density at radius 2 is 1.84 bits per heavy atom. The number of rotatable bonds is 4. The van der Waals surface area contributed by atoms with Gasteiger partial charge in [0.05, 0.1) is 0 Å². The highest BCUT2D eigenvalue weighted by Gasteiger charge is 2.11. The number of halogens is 1. The second kappa shape index (κ2) is 7.30. The molecule has 1 aliphatic heterocycles. The fourth-order valence-corrected chi connectivity index (χ4v) is 3.03. The molecule has 0 atom stereocenters. The van der Waals surface area contributed by atoms with Gasteiger partial charge in [0, 0.05) is 35.8 Å². The molecule has 1 aromatic carbocycles. The van der Waals surface area contributed by atoms with Gasteiger partial charge in [0.15, 0.2) is 0 Å². The first-order valence-electron chi connectivity index (χ1n) is 7.43. The number of anilines is 1. The van der Waals surface area contributed by atoms with E-state index in [1.165, 1.54) is 54.5 Å². The number of hydrogen-bond acceptors (Lipinski definition) is 2. The maximum Gasteiger partial charge on any atom is 0.0377 e. The maximum atomic E-state index is 3.72. The molecule has 0 aromatic heterocycles. The topological polar surface area (TPSA) is 15.3 Å². The average Bonchev–Trinajstić information content (AvgIpc) is 2.66. The highest BCUT2D eigenvalue weighted by molar-refractivity contribution is 9.10. The molecule has 106 valence electrons. The molecule has 0 saturated carbocycles. The van der Waals surface area contributed by atoms with Crippen molar-refractivity contribution in [3.63, 3.8) is 0 Å². The van der Waals surface area contributed by atoms with Crippen molar-refractivity contribution in [3.8, 4) is 0 Å². The van der Waals surface area contributed by atoms with E-state index >= 15 is 0 Å². The lowest BCUT2D eigenvalue weighted by Crippen LogP contribution is -2.24. The highest BCUT2D eigenvalue weighted by Crippen LogP contribution is 2.26. The number of hydrogen-bond donors (Lipinski definition) is 1. The number of benzene rings is 1. The van der Waals surface area contributed by atoms with Crippen LogP contribution in [0.4, 0.5) is 5.69 Å². The second-order valence-electron chi connectivity index (χ2n) is 5.71. The first-order valence-corrected chi connectivity index (χ1v) is 8.23. The molecule has 2 nitrogen and oxygen atoms in total. The molecule has 1 N–H and O–H groups in total.